The van der Waals surface area contributed by atoms with Gasteiger partial charge in [-0.1, -0.05) is 6.42 Å². The molecule has 7 heteroatoms. The number of nitrogens with zero attached hydrogens (tertiary/aromatic N) is 3. The first-order valence-corrected chi connectivity index (χ1v) is 11.6. The lowest BCUT2D eigenvalue weighted by Gasteiger charge is -2.40. The summed E-state index contributed by atoms with van der Waals surface area (Å²) in [5.74, 6) is 1.33. The van der Waals surface area contributed by atoms with E-state index in [1.807, 2.05) is 6.92 Å². The second-order valence-corrected chi connectivity index (χ2v) is 9.43. The summed E-state index contributed by atoms with van der Waals surface area (Å²) in [4.78, 5) is 5.10. The summed E-state index contributed by atoms with van der Waals surface area (Å²) >= 11 is 0. The summed E-state index contributed by atoms with van der Waals surface area (Å²) in [5, 5.41) is 0. The maximum atomic E-state index is 12.8. The Kier molecular flexibility index (Phi) is 5.47. The van der Waals surface area contributed by atoms with Crippen LogP contribution in [0.3, 0.4) is 0 Å². The molecule has 0 radical (unpaired) electrons. The molecule has 3 aliphatic rings. The zero-order valence-corrected chi connectivity index (χ0v) is 17.5. The lowest BCUT2D eigenvalue weighted by molar-refractivity contribution is 0.115. The van der Waals surface area contributed by atoms with E-state index in [9.17, 15) is 8.42 Å². The quantitative estimate of drug-likeness (QED) is 0.776. The van der Waals surface area contributed by atoms with E-state index >= 15 is 0 Å². The van der Waals surface area contributed by atoms with Crippen molar-refractivity contribution in [2.45, 2.75) is 45.1 Å². The van der Waals surface area contributed by atoms with Crippen LogP contribution in [0, 0.1) is 0 Å². The topological polar surface area (TPSA) is 62.2 Å². The van der Waals surface area contributed by atoms with Crippen molar-refractivity contribution in [1.82, 2.24) is 9.80 Å². The van der Waals surface area contributed by atoms with Crippen LogP contribution in [0.15, 0.2) is 34.2 Å². The van der Waals surface area contributed by atoms with Gasteiger partial charge in [0.25, 0.3) is 10.0 Å². The van der Waals surface area contributed by atoms with Gasteiger partial charge in [-0.25, -0.2) is 0 Å². The molecule has 4 rings (SSSR count). The SMILES string of the molecule is COc1ccc(C2=C(C)C(N3CCC(N4CCCCC4)CC3)=NS2(=O)=O)cc1. The highest BCUT2D eigenvalue weighted by atomic mass is 32.2. The molecule has 6 nitrogen and oxygen atoms in total. The summed E-state index contributed by atoms with van der Waals surface area (Å²) in [5.41, 5.74) is 1.42. The van der Waals surface area contributed by atoms with Crippen molar-refractivity contribution in [2.75, 3.05) is 33.3 Å². The van der Waals surface area contributed by atoms with E-state index < -0.39 is 10.0 Å². The van der Waals surface area contributed by atoms with E-state index in [4.69, 9.17) is 4.74 Å². The zero-order chi connectivity index (χ0) is 19.7. The molecule has 0 amide bonds. The zero-order valence-electron chi connectivity index (χ0n) is 16.7. The summed E-state index contributed by atoms with van der Waals surface area (Å²) in [7, 11) is -2.07. The van der Waals surface area contributed by atoms with Crippen LogP contribution >= 0.6 is 0 Å². The monoisotopic (exact) mass is 403 g/mol. The number of likely N-dealkylation sites (tertiary alicyclic amines) is 2. The first-order valence-electron chi connectivity index (χ1n) is 10.2. The lowest BCUT2D eigenvalue weighted by Crippen LogP contribution is -2.48. The third-order valence-corrected chi connectivity index (χ3v) is 7.63. The molecule has 0 spiro atoms. The van der Waals surface area contributed by atoms with Crippen LogP contribution in [0.1, 0.15) is 44.6 Å². The first kappa shape index (κ1) is 19.5. The van der Waals surface area contributed by atoms with Gasteiger partial charge in [0.15, 0.2) is 0 Å². The van der Waals surface area contributed by atoms with Gasteiger partial charge in [-0.3, -0.25) is 0 Å². The van der Waals surface area contributed by atoms with Crippen LogP contribution < -0.4 is 4.74 Å². The fraction of sp³-hybridized carbons (Fsp3) is 0.571. The van der Waals surface area contributed by atoms with E-state index in [0.717, 1.165) is 31.5 Å². The number of ether oxygens (including phenoxy) is 1. The van der Waals surface area contributed by atoms with Crippen LogP contribution in [0.2, 0.25) is 0 Å². The number of hydrogen-bond acceptors (Lipinski definition) is 5. The molecule has 2 fully saturated rings. The molecule has 0 unspecified atom stereocenters. The van der Waals surface area contributed by atoms with Crippen LogP contribution in [0.25, 0.3) is 4.91 Å². The molecule has 152 valence electrons. The van der Waals surface area contributed by atoms with Crippen molar-refractivity contribution in [1.29, 1.82) is 0 Å². The summed E-state index contributed by atoms with van der Waals surface area (Å²) in [6.07, 6.45) is 6.10. The van der Waals surface area contributed by atoms with E-state index in [1.165, 1.54) is 32.4 Å². The Balaban J connectivity index is 1.51. The van der Waals surface area contributed by atoms with Crippen LogP contribution in [-0.2, 0) is 10.0 Å². The van der Waals surface area contributed by atoms with Gasteiger partial charge in [0.1, 0.15) is 16.5 Å². The smallest absolute Gasteiger partial charge is 0.285 e. The highest BCUT2D eigenvalue weighted by Crippen LogP contribution is 2.35. The van der Waals surface area contributed by atoms with Crippen molar-refractivity contribution < 1.29 is 13.2 Å². The standard InChI is InChI=1S/C21H29N3O3S/c1-16-20(17-6-8-19(27-2)9-7-17)28(25,26)22-21(16)24-14-10-18(11-15-24)23-12-4-3-5-13-23/h6-9,18H,3-5,10-15H2,1-2H3. The second-order valence-electron chi connectivity index (χ2n) is 7.89. The molecule has 0 aromatic heterocycles. The molecule has 28 heavy (non-hydrogen) atoms. The highest BCUT2D eigenvalue weighted by Gasteiger charge is 2.35. The van der Waals surface area contributed by atoms with Crippen molar-refractivity contribution in [2.24, 2.45) is 4.40 Å². The van der Waals surface area contributed by atoms with E-state index in [1.54, 1.807) is 31.4 Å². The minimum atomic E-state index is -3.67. The highest BCUT2D eigenvalue weighted by molar-refractivity contribution is 8.00. The van der Waals surface area contributed by atoms with Crippen molar-refractivity contribution >= 4 is 20.8 Å². The molecular formula is C21H29N3O3S. The van der Waals surface area contributed by atoms with E-state index in [0.29, 0.717) is 28.1 Å². The number of rotatable bonds is 3. The molecule has 0 bridgehead atoms. The molecule has 1 aromatic carbocycles. The average Bonchev–Trinajstić information content (AvgIpc) is 2.97. The van der Waals surface area contributed by atoms with Gasteiger partial charge in [-0.15, -0.1) is 4.40 Å². The molecular weight excluding hydrogens is 374 g/mol. The summed E-state index contributed by atoms with van der Waals surface area (Å²) < 4.78 is 34.9. The minimum absolute atomic E-state index is 0.323. The fourth-order valence-electron chi connectivity index (χ4n) is 4.65. The maximum absolute atomic E-state index is 12.8. The maximum Gasteiger partial charge on any atom is 0.285 e. The van der Waals surface area contributed by atoms with Gasteiger partial charge in [0, 0.05) is 24.7 Å². The number of piperidine rings is 2. The van der Waals surface area contributed by atoms with Crippen molar-refractivity contribution in [3.05, 3.63) is 35.4 Å². The lowest BCUT2D eigenvalue weighted by atomic mass is 9.99. The fourth-order valence-corrected chi connectivity index (χ4v) is 6.14. The molecule has 0 atom stereocenters. The van der Waals surface area contributed by atoms with E-state index in [-0.39, 0.29) is 0 Å². The molecule has 3 heterocycles. The Labute approximate surface area is 167 Å². The largest absolute Gasteiger partial charge is 0.497 e. The Morgan fingerprint density at radius 1 is 1.00 bits per heavy atom. The third-order valence-electron chi connectivity index (χ3n) is 6.16. The molecule has 3 aliphatic heterocycles. The number of methoxy groups -OCH3 is 1. The van der Waals surface area contributed by atoms with Crippen LogP contribution in [0.5, 0.6) is 5.75 Å². The summed E-state index contributed by atoms with van der Waals surface area (Å²) in [6, 6.07) is 7.77. The molecule has 0 aliphatic carbocycles. The Morgan fingerprint density at radius 3 is 2.25 bits per heavy atom. The second kappa shape index (κ2) is 7.87. The normalized spacial score (nSPS) is 23.8. The van der Waals surface area contributed by atoms with Gasteiger partial charge in [-0.05, 0) is 75.5 Å². The predicted octanol–water partition coefficient (Wildman–Crippen LogP) is 3.12. The number of benzene rings is 1. The predicted molar refractivity (Wildman–Crippen MR) is 112 cm³/mol. The first-order chi connectivity index (χ1) is 13.5. The van der Waals surface area contributed by atoms with Crippen LogP contribution in [0.4, 0.5) is 0 Å². The number of amidine groups is 1. The van der Waals surface area contributed by atoms with Gasteiger partial charge in [-0.2, -0.15) is 8.42 Å². The molecule has 2 saturated heterocycles. The van der Waals surface area contributed by atoms with Crippen LogP contribution in [-0.4, -0.2) is 63.4 Å². The minimum Gasteiger partial charge on any atom is -0.497 e. The van der Waals surface area contributed by atoms with Crippen molar-refractivity contribution in [3.8, 4) is 5.75 Å². The molecule has 0 N–H and O–H groups in total. The van der Waals surface area contributed by atoms with E-state index in [2.05, 4.69) is 14.2 Å². The number of sulfonamides is 1. The Bertz CT molecular complexity index is 876. The van der Waals surface area contributed by atoms with Gasteiger partial charge >= 0.3 is 0 Å². The number of hydrogen-bond donors (Lipinski definition) is 0. The van der Waals surface area contributed by atoms with Gasteiger partial charge in [0.05, 0.1) is 7.11 Å². The molecule has 0 saturated carbocycles. The van der Waals surface area contributed by atoms with Gasteiger partial charge < -0.3 is 14.5 Å². The average molecular weight is 404 g/mol. The Hall–Kier alpha value is -1.86. The van der Waals surface area contributed by atoms with Gasteiger partial charge in [0.2, 0.25) is 0 Å². The van der Waals surface area contributed by atoms with Crippen molar-refractivity contribution in [3.63, 3.8) is 0 Å². The molecule has 1 aromatic rings. The Morgan fingerprint density at radius 2 is 1.64 bits per heavy atom. The third kappa shape index (κ3) is 3.70. The summed E-state index contributed by atoms with van der Waals surface area (Å²) in [6.45, 7) is 6.02.